The summed E-state index contributed by atoms with van der Waals surface area (Å²) in [6, 6.07) is 9.61. The van der Waals surface area contributed by atoms with E-state index in [0.29, 0.717) is 30.7 Å². The second-order valence-electron chi connectivity index (χ2n) is 5.79. The van der Waals surface area contributed by atoms with Gasteiger partial charge in [0.05, 0.1) is 12.1 Å². The molecule has 0 unspecified atom stereocenters. The third-order valence-electron chi connectivity index (χ3n) is 4.16. The Hall–Kier alpha value is -2.31. The lowest BCUT2D eigenvalue weighted by Crippen LogP contribution is -2.30. The SMILES string of the molecule is Cl.NCc1cc(C(=O)NCCCC(=O)N2CCc3ccccc32)co1. The number of fused-ring (bicyclic) bond motifs is 1. The highest BCUT2D eigenvalue weighted by Gasteiger charge is 2.23. The monoisotopic (exact) mass is 363 g/mol. The number of benzene rings is 1. The van der Waals surface area contributed by atoms with Gasteiger partial charge in [-0.25, -0.2) is 0 Å². The molecule has 134 valence electrons. The summed E-state index contributed by atoms with van der Waals surface area (Å²) in [5.41, 5.74) is 8.13. The van der Waals surface area contributed by atoms with Crippen LogP contribution in [-0.2, 0) is 17.8 Å². The number of halogens is 1. The van der Waals surface area contributed by atoms with Gasteiger partial charge in [0.15, 0.2) is 0 Å². The minimum Gasteiger partial charge on any atom is -0.467 e. The Morgan fingerprint density at radius 3 is 2.84 bits per heavy atom. The zero-order valence-corrected chi connectivity index (χ0v) is 14.7. The Morgan fingerprint density at radius 1 is 1.28 bits per heavy atom. The molecule has 25 heavy (non-hydrogen) atoms. The molecule has 3 N–H and O–H groups in total. The van der Waals surface area contributed by atoms with Gasteiger partial charge in [-0.2, -0.15) is 0 Å². The van der Waals surface area contributed by atoms with E-state index in [9.17, 15) is 9.59 Å². The Bertz CT molecular complexity index is 745. The second kappa shape index (κ2) is 8.69. The van der Waals surface area contributed by atoms with Gasteiger partial charge in [0.2, 0.25) is 5.91 Å². The Labute approximate surface area is 152 Å². The zero-order chi connectivity index (χ0) is 16.9. The molecule has 2 amide bonds. The van der Waals surface area contributed by atoms with Crippen LogP contribution < -0.4 is 16.0 Å². The van der Waals surface area contributed by atoms with Crippen molar-refractivity contribution in [3.63, 3.8) is 0 Å². The number of nitrogens with one attached hydrogen (secondary N) is 1. The van der Waals surface area contributed by atoms with E-state index in [2.05, 4.69) is 11.4 Å². The maximum absolute atomic E-state index is 12.3. The van der Waals surface area contributed by atoms with E-state index in [4.69, 9.17) is 10.2 Å². The zero-order valence-electron chi connectivity index (χ0n) is 13.9. The van der Waals surface area contributed by atoms with E-state index in [1.807, 2.05) is 23.1 Å². The number of amides is 2. The Balaban J connectivity index is 0.00000225. The summed E-state index contributed by atoms with van der Waals surface area (Å²) in [6.45, 7) is 1.45. The van der Waals surface area contributed by atoms with E-state index in [-0.39, 0.29) is 30.8 Å². The standard InChI is InChI=1S/C18H21N3O3.ClH/c19-11-15-10-14(12-24-15)18(23)20-8-3-6-17(22)21-9-7-13-4-1-2-5-16(13)21;/h1-2,4-5,10,12H,3,6-9,11,19H2,(H,20,23);1H. The van der Waals surface area contributed by atoms with Gasteiger partial charge < -0.3 is 20.4 Å². The van der Waals surface area contributed by atoms with Crippen molar-refractivity contribution in [2.24, 2.45) is 5.73 Å². The number of anilines is 1. The van der Waals surface area contributed by atoms with Crippen LogP contribution >= 0.6 is 12.4 Å². The minimum absolute atomic E-state index is 0. The van der Waals surface area contributed by atoms with Gasteiger partial charge in [-0.05, 0) is 30.5 Å². The van der Waals surface area contributed by atoms with Gasteiger partial charge in [-0.1, -0.05) is 18.2 Å². The number of hydrogen-bond acceptors (Lipinski definition) is 4. The van der Waals surface area contributed by atoms with E-state index >= 15 is 0 Å². The number of rotatable bonds is 6. The highest BCUT2D eigenvalue weighted by atomic mass is 35.5. The molecule has 0 atom stereocenters. The lowest BCUT2D eigenvalue weighted by atomic mass is 10.2. The topological polar surface area (TPSA) is 88.6 Å². The molecule has 0 spiro atoms. The molecule has 0 bridgehead atoms. The highest BCUT2D eigenvalue weighted by molar-refractivity contribution is 5.96. The van der Waals surface area contributed by atoms with Gasteiger partial charge in [0.25, 0.3) is 5.91 Å². The molecule has 0 saturated heterocycles. The summed E-state index contributed by atoms with van der Waals surface area (Å²) >= 11 is 0. The lowest BCUT2D eigenvalue weighted by Gasteiger charge is -2.17. The number of carbonyl (C=O) groups excluding carboxylic acids is 2. The molecular weight excluding hydrogens is 342 g/mol. The third kappa shape index (κ3) is 4.41. The molecule has 6 nitrogen and oxygen atoms in total. The maximum Gasteiger partial charge on any atom is 0.254 e. The number of carbonyl (C=O) groups is 2. The fraction of sp³-hybridized carbons (Fsp3) is 0.333. The van der Waals surface area contributed by atoms with Crippen molar-refractivity contribution < 1.29 is 14.0 Å². The van der Waals surface area contributed by atoms with Gasteiger partial charge in [-0.15, -0.1) is 12.4 Å². The van der Waals surface area contributed by atoms with E-state index in [1.54, 1.807) is 6.07 Å². The fourth-order valence-corrected chi connectivity index (χ4v) is 2.88. The molecule has 1 aliphatic rings. The number of para-hydroxylation sites is 1. The summed E-state index contributed by atoms with van der Waals surface area (Å²) in [5.74, 6) is 0.461. The predicted molar refractivity (Wildman–Crippen MR) is 97.9 cm³/mol. The highest BCUT2D eigenvalue weighted by Crippen LogP contribution is 2.27. The van der Waals surface area contributed by atoms with E-state index < -0.39 is 0 Å². The summed E-state index contributed by atoms with van der Waals surface area (Å²) in [7, 11) is 0. The van der Waals surface area contributed by atoms with Gasteiger partial charge >= 0.3 is 0 Å². The molecule has 1 aromatic heterocycles. The minimum atomic E-state index is -0.211. The second-order valence-corrected chi connectivity index (χ2v) is 5.79. The van der Waals surface area contributed by atoms with Crippen LogP contribution in [0.2, 0.25) is 0 Å². The normalized spacial score (nSPS) is 12.4. The van der Waals surface area contributed by atoms with Gasteiger partial charge in [0.1, 0.15) is 12.0 Å². The van der Waals surface area contributed by atoms with Crippen molar-refractivity contribution in [1.29, 1.82) is 0 Å². The van der Waals surface area contributed by atoms with E-state index in [0.717, 1.165) is 18.7 Å². The molecule has 0 radical (unpaired) electrons. The van der Waals surface area contributed by atoms with Gasteiger partial charge in [-0.3, -0.25) is 9.59 Å². The molecule has 1 aromatic carbocycles. The molecule has 1 aliphatic heterocycles. The van der Waals surface area contributed by atoms with Crippen molar-refractivity contribution in [3.05, 3.63) is 53.5 Å². The average Bonchev–Trinajstić information content (AvgIpc) is 3.25. The van der Waals surface area contributed by atoms with Crippen molar-refractivity contribution in [2.75, 3.05) is 18.0 Å². The molecule has 0 saturated carbocycles. The average molecular weight is 364 g/mol. The van der Waals surface area contributed by atoms with Crippen molar-refractivity contribution in [3.8, 4) is 0 Å². The van der Waals surface area contributed by atoms with Crippen LogP contribution in [0.25, 0.3) is 0 Å². The summed E-state index contributed by atoms with van der Waals surface area (Å²) in [4.78, 5) is 26.1. The molecule has 2 heterocycles. The van der Waals surface area contributed by atoms with Crippen LogP contribution in [0, 0.1) is 0 Å². The predicted octanol–water partition coefficient (Wildman–Crippen LogP) is 2.26. The summed E-state index contributed by atoms with van der Waals surface area (Å²) < 4.78 is 5.13. The van der Waals surface area contributed by atoms with Crippen molar-refractivity contribution >= 4 is 29.9 Å². The smallest absolute Gasteiger partial charge is 0.254 e. The fourth-order valence-electron chi connectivity index (χ4n) is 2.88. The Morgan fingerprint density at radius 2 is 2.08 bits per heavy atom. The molecule has 3 rings (SSSR count). The molecule has 2 aromatic rings. The number of hydrogen-bond donors (Lipinski definition) is 2. The van der Waals surface area contributed by atoms with Gasteiger partial charge in [0, 0.05) is 25.2 Å². The number of nitrogens with two attached hydrogens (primary N) is 1. The Kier molecular flexibility index (Phi) is 6.61. The molecule has 0 aliphatic carbocycles. The first kappa shape index (κ1) is 19.0. The lowest BCUT2D eigenvalue weighted by molar-refractivity contribution is -0.118. The first-order valence-corrected chi connectivity index (χ1v) is 8.13. The number of furan rings is 1. The van der Waals surface area contributed by atoms with Crippen LogP contribution in [-0.4, -0.2) is 24.9 Å². The molecule has 0 fully saturated rings. The van der Waals surface area contributed by atoms with Crippen LogP contribution in [0.15, 0.2) is 41.0 Å². The van der Waals surface area contributed by atoms with E-state index in [1.165, 1.54) is 11.8 Å². The van der Waals surface area contributed by atoms with Crippen molar-refractivity contribution in [1.82, 2.24) is 5.32 Å². The maximum atomic E-state index is 12.3. The molecular formula is C18H22ClN3O3. The van der Waals surface area contributed by atoms with Crippen LogP contribution in [0.4, 0.5) is 5.69 Å². The number of nitrogens with zero attached hydrogens (tertiary/aromatic N) is 1. The van der Waals surface area contributed by atoms with Crippen LogP contribution in [0.1, 0.15) is 34.5 Å². The first-order chi connectivity index (χ1) is 11.7. The largest absolute Gasteiger partial charge is 0.467 e. The molecule has 7 heteroatoms. The van der Waals surface area contributed by atoms with Crippen LogP contribution in [0.3, 0.4) is 0 Å². The third-order valence-corrected chi connectivity index (χ3v) is 4.16. The van der Waals surface area contributed by atoms with Crippen molar-refractivity contribution in [2.45, 2.75) is 25.8 Å². The van der Waals surface area contributed by atoms with Crippen LogP contribution in [0.5, 0.6) is 0 Å². The first-order valence-electron chi connectivity index (χ1n) is 8.13. The summed E-state index contributed by atoms with van der Waals surface area (Å²) in [5, 5.41) is 2.79. The quantitative estimate of drug-likeness (QED) is 0.770. The summed E-state index contributed by atoms with van der Waals surface area (Å²) in [6.07, 6.45) is 3.31.